The number of H-pyrrole nitrogens is 1. The van der Waals surface area contributed by atoms with Crippen molar-refractivity contribution in [2.45, 2.75) is 18.9 Å². The van der Waals surface area contributed by atoms with Crippen LogP contribution in [-0.4, -0.2) is 52.7 Å². The standard InChI is InChI=1S/C16H18N2O4/c19-15(18-5-6-22-10-12(18)8-16(20)21)7-11-9-17-14-4-2-1-3-13(11)14/h1-4,9,12,17H,5-8,10H2,(H,20,21). The molecule has 116 valence electrons. The predicted octanol–water partition coefficient (Wildman–Crippen LogP) is 1.41. The number of rotatable bonds is 4. The summed E-state index contributed by atoms with van der Waals surface area (Å²) in [6, 6.07) is 7.43. The summed E-state index contributed by atoms with van der Waals surface area (Å²) in [4.78, 5) is 28.3. The molecule has 0 aliphatic carbocycles. The van der Waals surface area contributed by atoms with Gasteiger partial charge in [0.1, 0.15) is 0 Å². The predicted molar refractivity (Wildman–Crippen MR) is 80.6 cm³/mol. The maximum Gasteiger partial charge on any atom is 0.305 e. The van der Waals surface area contributed by atoms with Gasteiger partial charge in [0.05, 0.1) is 32.1 Å². The van der Waals surface area contributed by atoms with Crippen molar-refractivity contribution in [3.63, 3.8) is 0 Å². The van der Waals surface area contributed by atoms with Crippen LogP contribution in [0.3, 0.4) is 0 Å². The molecule has 3 rings (SSSR count). The molecule has 6 nitrogen and oxygen atoms in total. The number of carboxylic acid groups (broad SMARTS) is 1. The topological polar surface area (TPSA) is 82.6 Å². The van der Waals surface area contributed by atoms with Gasteiger partial charge in [-0.1, -0.05) is 18.2 Å². The normalized spacial score (nSPS) is 18.5. The van der Waals surface area contributed by atoms with Crippen LogP contribution in [0, 0.1) is 0 Å². The molecule has 0 saturated carbocycles. The number of carbonyl (C=O) groups excluding carboxylic acids is 1. The fourth-order valence-electron chi connectivity index (χ4n) is 2.90. The van der Waals surface area contributed by atoms with E-state index in [1.54, 1.807) is 4.90 Å². The molecule has 1 amide bonds. The maximum atomic E-state index is 12.6. The molecule has 1 aliphatic heterocycles. The van der Waals surface area contributed by atoms with Gasteiger partial charge in [-0.3, -0.25) is 9.59 Å². The van der Waals surface area contributed by atoms with Crippen molar-refractivity contribution in [2.24, 2.45) is 0 Å². The Balaban J connectivity index is 1.76. The van der Waals surface area contributed by atoms with Crippen LogP contribution in [0.25, 0.3) is 10.9 Å². The molecule has 0 radical (unpaired) electrons. The number of aromatic nitrogens is 1. The molecule has 1 fully saturated rings. The zero-order chi connectivity index (χ0) is 15.5. The van der Waals surface area contributed by atoms with E-state index in [2.05, 4.69) is 4.98 Å². The Morgan fingerprint density at radius 2 is 2.18 bits per heavy atom. The third-order valence-electron chi connectivity index (χ3n) is 3.97. The van der Waals surface area contributed by atoms with E-state index < -0.39 is 5.97 Å². The van der Waals surface area contributed by atoms with E-state index in [0.29, 0.717) is 13.2 Å². The first-order valence-corrected chi connectivity index (χ1v) is 7.29. The number of aromatic amines is 1. The number of ether oxygens (including phenoxy) is 1. The molecule has 2 aromatic rings. The minimum absolute atomic E-state index is 0.0562. The SMILES string of the molecule is O=C(O)CC1COCCN1C(=O)Cc1c[nH]c2ccccc12. The molecule has 1 aliphatic rings. The molecule has 1 atom stereocenters. The summed E-state index contributed by atoms with van der Waals surface area (Å²) in [6.07, 6.45) is 2.02. The summed E-state index contributed by atoms with van der Waals surface area (Å²) in [5.41, 5.74) is 1.93. The van der Waals surface area contributed by atoms with E-state index in [4.69, 9.17) is 9.84 Å². The summed E-state index contributed by atoms with van der Waals surface area (Å²) >= 11 is 0. The van der Waals surface area contributed by atoms with Crippen LogP contribution in [0.15, 0.2) is 30.5 Å². The number of carbonyl (C=O) groups is 2. The molecule has 0 spiro atoms. The Labute approximate surface area is 127 Å². The zero-order valence-corrected chi connectivity index (χ0v) is 12.1. The third-order valence-corrected chi connectivity index (χ3v) is 3.97. The lowest BCUT2D eigenvalue weighted by Gasteiger charge is -2.34. The van der Waals surface area contributed by atoms with Crippen LogP contribution in [0.2, 0.25) is 0 Å². The molecular formula is C16H18N2O4. The van der Waals surface area contributed by atoms with Gasteiger partial charge in [-0.25, -0.2) is 0 Å². The second-order valence-electron chi connectivity index (χ2n) is 5.45. The summed E-state index contributed by atoms with van der Waals surface area (Å²) < 4.78 is 5.31. The van der Waals surface area contributed by atoms with Gasteiger partial charge in [0.25, 0.3) is 0 Å². The van der Waals surface area contributed by atoms with E-state index in [1.165, 1.54) is 0 Å². The number of fused-ring (bicyclic) bond motifs is 1. The molecule has 1 unspecified atom stereocenters. The lowest BCUT2D eigenvalue weighted by atomic mass is 10.1. The van der Waals surface area contributed by atoms with Crippen LogP contribution in [-0.2, 0) is 20.7 Å². The summed E-state index contributed by atoms with van der Waals surface area (Å²) in [7, 11) is 0. The van der Waals surface area contributed by atoms with Gasteiger partial charge in [0.15, 0.2) is 0 Å². The number of para-hydroxylation sites is 1. The first-order valence-electron chi connectivity index (χ1n) is 7.29. The molecule has 2 heterocycles. The van der Waals surface area contributed by atoms with E-state index >= 15 is 0 Å². The first kappa shape index (κ1) is 14.6. The van der Waals surface area contributed by atoms with Gasteiger partial charge >= 0.3 is 5.97 Å². The Morgan fingerprint density at radius 3 is 3.00 bits per heavy atom. The second kappa shape index (κ2) is 6.19. The maximum absolute atomic E-state index is 12.6. The number of benzene rings is 1. The highest BCUT2D eigenvalue weighted by Crippen LogP contribution is 2.20. The summed E-state index contributed by atoms with van der Waals surface area (Å²) in [6.45, 7) is 1.18. The van der Waals surface area contributed by atoms with Gasteiger partial charge in [0, 0.05) is 23.6 Å². The summed E-state index contributed by atoms with van der Waals surface area (Å²) in [5, 5.41) is 9.99. The Hall–Kier alpha value is -2.34. The van der Waals surface area contributed by atoms with Gasteiger partial charge in [0.2, 0.25) is 5.91 Å². The van der Waals surface area contributed by atoms with Crippen molar-refractivity contribution < 1.29 is 19.4 Å². The molecule has 2 N–H and O–H groups in total. The highest BCUT2D eigenvalue weighted by molar-refractivity contribution is 5.89. The van der Waals surface area contributed by atoms with Crippen molar-refractivity contribution in [1.82, 2.24) is 9.88 Å². The average molecular weight is 302 g/mol. The van der Waals surface area contributed by atoms with Gasteiger partial charge < -0.3 is 19.7 Å². The van der Waals surface area contributed by atoms with E-state index in [9.17, 15) is 9.59 Å². The Bertz CT molecular complexity index is 694. The molecule has 1 aromatic carbocycles. The number of aliphatic carboxylic acids is 1. The smallest absolute Gasteiger partial charge is 0.305 e. The van der Waals surface area contributed by atoms with Crippen LogP contribution in [0.1, 0.15) is 12.0 Å². The minimum atomic E-state index is -0.916. The number of nitrogens with one attached hydrogen (secondary N) is 1. The largest absolute Gasteiger partial charge is 0.481 e. The number of hydrogen-bond acceptors (Lipinski definition) is 3. The van der Waals surface area contributed by atoms with Gasteiger partial charge in [-0.05, 0) is 11.6 Å². The molecule has 1 aromatic heterocycles. The van der Waals surface area contributed by atoms with Crippen molar-refractivity contribution in [3.8, 4) is 0 Å². The lowest BCUT2D eigenvalue weighted by molar-refractivity contribution is -0.145. The van der Waals surface area contributed by atoms with Crippen molar-refractivity contribution in [1.29, 1.82) is 0 Å². The lowest BCUT2D eigenvalue weighted by Crippen LogP contribution is -2.50. The van der Waals surface area contributed by atoms with Crippen molar-refractivity contribution in [3.05, 3.63) is 36.0 Å². The van der Waals surface area contributed by atoms with Crippen molar-refractivity contribution >= 4 is 22.8 Å². The van der Waals surface area contributed by atoms with E-state index in [-0.39, 0.29) is 31.4 Å². The van der Waals surface area contributed by atoms with E-state index in [1.807, 2.05) is 30.5 Å². The quantitative estimate of drug-likeness (QED) is 0.894. The highest BCUT2D eigenvalue weighted by atomic mass is 16.5. The molecular weight excluding hydrogens is 284 g/mol. The minimum Gasteiger partial charge on any atom is -0.481 e. The Morgan fingerprint density at radius 1 is 1.36 bits per heavy atom. The zero-order valence-electron chi connectivity index (χ0n) is 12.1. The third kappa shape index (κ3) is 2.96. The summed E-state index contributed by atoms with van der Waals surface area (Å²) in [5.74, 6) is -0.973. The van der Waals surface area contributed by atoms with Gasteiger partial charge in [-0.2, -0.15) is 0 Å². The van der Waals surface area contributed by atoms with E-state index in [0.717, 1.165) is 16.5 Å². The van der Waals surface area contributed by atoms with Crippen LogP contribution in [0.4, 0.5) is 0 Å². The van der Waals surface area contributed by atoms with Gasteiger partial charge in [-0.15, -0.1) is 0 Å². The first-order chi connectivity index (χ1) is 10.6. The number of hydrogen-bond donors (Lipinski definition) is 2. The number of amides is 1. The molecule has 6 heteroatoms. The van der Waals surface area contributed by atoms with Crippen molar-refractivity contribution in [2.75, 3.05) is 19.8 Å². The monoisotopic (exact) mass is 302 g/mol. The molecule has 0 bridgehead atoms. The Kier molecular flexibility index (Phi) is 4.11. The molecule has 1 saturated heterocycles. The van der Waals surface area contributed by atoms with Crippen LogP contribution in [0.5, 0.6) is 0 Å². The molecule has 22 heavy (non-hydrogen) atoms. The fraction of sp³-hybridized carbons (Fsp3) is 0.375. The number of carboxylic acids is 1. The average Bonchev–Trinajstić information content (AvgIpc) is 2.90. The van der Waals surface area contributed by atoms with Crippen LogP contribution >= 0.6 is 0 Å². The number of nitrogens with zero attached hydrogens (tertiary/aromatic N) is 1. The number of morpholine rings is 1. The highest BCUT2D eigenvalue weighted by Gasteiger charge is 2.29. The fourth-order valence-corrected chi connectivity index (χ4v) is 2.90. The van der Waals surface area contributed by atoms with Crippen LogP contribution < -0.4 is 0 Å². The second-order valence-corrected chi connectivity index (χ2v) is 5.45.